The fourth-order valence-electron chi connectivity index (χ4n) is 3.41. The third kappa shape index (κ3) is 2.94. The number of aromatic hydroxyl groups is 1. The van der Waals surface area contributed by atoms with E-state index in [1.807, 2.05) is 0 Å². The number of esters is 1. The zero-order valence-electron chi connectivity index (χ0n) is 13.7. The molecule has 0 radical (unpaired) electrons. The third-order valence-electron chi connectivity index (χ3n) is 4.73. The SMILES string of the molecule is CCC1C(c2ccc(F)c(F)c2O)C(C(=O)OC)OC1(C)C(F)(F)F. The average molecular weight is 368 g/mol. The van der Waals surface area contributed by atoms with Crippen molar-refractivity contribution in [3.8, 4) is 5.75 Å². The minimum absolute atomic E-state index is 0.0907. The molecule has 1 saturated heterocycles. The zero-order valence-corrected chi connectivity index (χ0v) is 13.7. The highest BCUT2D eigenvalue weighted by atomic mass is 19.4. The van der Waals surface area contributed by atoms with Gasteiger partial charge in [0.1, 0.15) is 0 Å². The lowest BCUT2D eigenvalue weighted by atomic mass is 9.74. The van der Waals surface area contributed by atoms with E-state index < -0.39 is 53.1 Å². The molecule has 2 rings (SSSR count). The predicted molar refractivity (Wildman–Crippen MR) is 75.9 cm³/mol. The number of halogens is 5. The number of phenolic OH excluding ortho intramolecular Hbond substituents is 1. The maximum absolute atomic E-state index is 13.7. The van der Waals surface area contributed by atoms with Crippen LogP contribution in [0.25, 0.3) is 0 Å². The largest absolute Gasteiger partial charge is 0.505 e. The number of rotatable bonds is 3. The topological polar surface area (TPSA) is 55.8 Å². The molecule has 4 atom stereocenters. The lowest BCUT2D eigenvalue weighted by molar-refractivity contribution is -0.275. The zero-order chi connectivity index (χ0) is 19.2. The molecule has 4 nitrogen and oxygen atoms in total. The number of carbonyl (C=O) groups excluding carboxylic acids is 1. The van der Waals surface area contributed by atoms with Crippen LogP contribution in [0.15, 0.2) is 12.1 Å². The first kappa shape index (κ1) is 19.4. The molecule has 1 N–H and O–H groups in total. The van der Waals surface area contributed by atoms with Gasteiger partial charge in [0, 0.05) is 17.4 Å². The Bertz CT molecular complexity index is 675. The summed E-state index contributed by atoms with van der Waals surface area (Å²) in [5, 5.41) is 9.89. The van der Waals surface area contributed by atoms with Crippen molar-refractivity contribution < 1.29 is 41.3 Å². The number of alkyl halides is 3. The summed E-state index contributed by atoms with van der Waals surface area (Å²) in [5.41, 5.74) is -3.06. The highest BCUT2D eigenvalue weighted by Gasteiger charge is 2.67. The van der Waals surface area contributed by atoms with Crippen molar-refractivity contribution in [3.63, 3.8) is 0 Å². The van der Waals surface area contributed by atoms with Crippen molar-refractivity contribution in [3.05, 3.63) is 29.3 Å². The molecule has 25 heavy (non-hydrogen) atoms. The molecule has 1 aromatic rings. The van der Waals surface area contributed by atoms with Crippen LogP contribution in [0.3, 0.4) is 0 Å². The van der Waals surface area contributed by atoms with Gasteiger partial charge in [-0.2, -0.15) is 17.6 Å². The Kier molecular flexibility index (Phi) is 5.00. The van der Waals surface area contributed by atoms with Gasteiger partial charge in [0.15, 0.2) is 23.3 Å². The summed E-state index contributed by atoms with van der Waals surface area (Å²) in [5.74, 6) is -7.89. The van der Waals surface area contributed by atoms with Crippen molar-refractivity contribution in [1.29, 1.82) is 0 Å². The van der Waals surface area contributed by atoms with Crippen molar-refractivity contribution in [2.24, 2.45) is 5.92 Å². The summed E-state index contributed by atoms with van der Waals surface area (Å²) in [6.07, 6.45) is -6.65. The third-order valence-corrected chi connectivity index (χ3v) is 4.73. The van der Waals surface area contributed by atoms with Gasteiger partial charge >= 0.3 is 12.1 Å². The van der Waals surface area contributed by atoms with Crippen LogP contribution >= 0.6 is 0 Å². The first-order valence-corrected chi connectivity index (χ1v) is 7.48. The molecule has 1 aromatic carbocycles. The Morgan fingerprint density at radius 2 is 1.96 bits per heavy atom. The summed E-state index contributed by atoms with van der Waals surface area (Å²) in [6, 6.07) is 1.62. The Hall–Kier alpha value is -1.90. The fourth-order valence-corrected chi connectivity index (χ4v) is 3.41. The second-order valence-electron chi connectivity index (χ2n) is 6.01. The van der Waals surface area contributed by atoms with E-state index in [0.29, 0.717) is 6.07 Å². The molecule has 1 fully saturated rings. The highest BCUT2D eigenvalue weighted by molar-refractivity contribution is 5.77. The van der Waals surface area contributed by atoms with Crippen LogP contribution in [0, 0.1) is 17.6 Å². The molecule has 4 unspecified atom stereocenters. The summed E-state index contributed by atoms with van der Waals surface area (Å²) in [7, 11) is 0.970. The molecule has 0 aromatic heterocycles. The number of hydrogen-bond acceptors (Lipinski definition) is 4. The Morgan fingerprint density at radius 3 is 2.44 bits per heavy atom. The van der Waals surface area contributed by atoms with Crippen LogP contribution in [0.5, 0.6) is 5.75 Å². The maximum atomic E-state index is 13.7. The van der Waals surface area contributed by atoms with E-state index in [1.54, 1.807) is 0 Å². The first-order valence-electron chi connectivity index (χ1n) is 7.48. The lowest BCUT2D eigenvalue weighted by Crippen LogP contribution is -2.47. The molecule has 0 bridgehead atoms. The lowest BCUT2D eigenvalue weighted by Gasteiger charge is -2.33. The number of ether oxygens (including phenoxy) is 2. The molecule has 1 heterocycles. The molecule has 9 heteroatoms. The molecule has 0 amide bonds. The van der Waals surface area contributed by atoms with E-state index >= 15 is 0 Å². The van der Waals surface area contributed by atoms with Gasteiger partial charge in [-0.1, -0.05) is 13.0 Å². The monoisotopic (exact) mass is 368 g/mol. The van der Waals surface area contributed by atoms with Crippen molar-refractivity contribution in [2.45, 2.75) is 44.1 Å². The Morgan fingerprint density at radius 1 is 1.36 bits per heavy atom. The number of carbonyl (C=O) groups is 1. The minimum atomic E-state index is -4.83. The van der Waals surface area contributed by atoms with E-state index in [0.717, 1.165) is 20.1 Å². The predicted octanol–water partition coefficient (Wildman–Crippen LogP) is 3.67. The standard InChI is InChI=1S/C16H17F5O4/c1-4-8-10(7-5-6-9(17)11(18)12(7)22)13(14(23)24-3)25-15(8,2)16(19,20)21/h5-6,8,10,13,22H,4H2,1-3H3. The van der Waals surface area contributed by atoms with Gasteiger partial charge in [-0.3, -0.25) is 0 Å². The van der Waals surface area contributed by atoms with E-state index in [1.165, 1.54) is 6.92 Å². The second-order valence-corrected chi connectivity index (χ2v) is 6.01. The van der Waals surface area contributed by atoms with Crippen LogP contribution in [-0.2, 0) is 14.3 Å². The van der Waals surface area contributed by atoms with Gasteiger partial charge in [-0.15, -0.1) is 0 Å². The van der Waals surface area contributed by atoms with E-state index in [2.05, 4.69) is 4.74 Å². The molecular formula is C16H17F5O4. The Balaban J connectivity index is 2.66. The first-order chi connectivity index (χ1) is 11.5. The van der Waals surface area contributed by atoms with E-state index in [4.69, 9.17) is 4.74 Å². The number of methoxy groups -OCH3 is 1. The number of hydrogen-bond donors (Lipinski definition) is 1. The number of phenols is 1. The Labute approximate surface area is 140 Å². The van der Waals surface area contributed by atoms with Crippen molar-refractivity contribution in [1.82, 2.24) is 0 Å². The summed E-state index contributed by atoms with van der Waals surface area (Å²) >= 11 is 0. The summed E-state index contributed by atoms with van der Waals surface area (Å²) in [4.78, 5) is 12.0. The molecule has 1 aliphatic heterocycles. The number of benzene rings is 1. The van der Waals surface area contributed by atoms with Gasteiger partial charge in [0.2, 0.25) is 5.82 Å². The van der Waals surface area contributed by atoms with Crippen molar-refractivity contribution in [2.75, 3.05) is 7.11 Å². The van der Waals surface area contributed by atoms with Crippen molar-refractivity contribution >= 4 is 5.97 Å². The van der Waals surface area contributed by atoms with Gasteiger partial charge < -0.3 is 14.6 Å². The molecular weight excluding hydrogens is 351 g/mol. The maximum Gasteiger partial charge on any atom is 0.417 e. The van der Waals surface area contributed by atoms with Gasteiger partial charge in [-0.05, 0) is 19.4 Å². The smallest absolute Gasteiger partial charge is 0.417 e. The summed E-state index contributed by atoms with van der Waals surface area (Å²) < 4.78 is 77.2. The normalized spacial score (nSPS) is 29.7. The molecule has 0 spiro atoms. The highest BCUT2D eigenvalue weighted by Crippen LogP contribution is 2.56. The molecule has 1 aliphatic rings. The van der Waals surface area contributed by atoms with E-state index in [-0.39, 0.29) is 12.0 Å². The van der Waals surface area contributed by atoms with Crippen LogP contribution in [0.4, 0.5) is 22.0 Å². The second kappa shape index (κ2) is 6.44. The van der Waals surface area contributed by atoms with Gasteiger partial charge in [-0.25, -0.2) is 9.18 Å². The van der Waals surface area contributed by atoms with E-state index in [9.17, 15) is 31.9 Å². The molecule has 0 saturated carbocycles. The van der Waals surface area contributed by atoms with Crippen LogP contribution in [-0.4, -0.2) is 36.1 Å². The molecule has 0 aliphatic carbocycles. The summed E-state index contributed by atoms with van der Waals surface area (Å²) in [6.45, 7) is 2.23. The van der Waals surface area contributed by atoms with Gasteiger partial charge in [0.25, 0.3) is 0 Å². The van der Waals surface area contributed by atoms with Gasteiger partial charge in [0.05, 0.1) is 7.11 Å². The minimum Gasteiger partial charge on any atom is -0.505 e. The average Bonchev–Trinajstić information content (AvgIpc) is 2.85. The quantitative estimate of drug-likeness (QED) is 0.653. The van der Waals surface area contributed by atoms with Crippen LogP contribution in [0.1, 0.15) is 31.7 Å². The van der Waals surface area contributed by atoms with Crippen LogP contribution in [0.2, 0.25) is 0 Å². The fraction of sp³-hybridized carbons (Fsp3) is 0.562. The molecule has 140 valence electrons. The van der Waals surface area contributed by atoms with Crippen LogP contribution < -0.4 is 0 Å².